The fraction of sp³-hybridized carbons (Fsp3) is 0.517. The van der Waals surface area contributed by atoms with Crippen molar-refractivity contribution in [1.29, 1.82) is 0 Å². The van der Waals surface area contributed by atoms with Crippen molar-refractivity contribution < 1.29 is 117 Å². The van der Waals surface area contributed by atoms with Crippen molar-refractivity contribution in [2.24, 2.45) is 0 Å². The standard InChI is InChI=1S/C58H78N2O25S5/c1-57(19-11-37-86(63,64)65)52(60(22-24-81-30-32-85-36-34-83-28-26-79-4)49-18-16-44-46(55(49)57)38-42(87(66,67)68)40-50(44)89(72,73)74)12-7-5-8-13-53-58(2,20-23-80-29-31-84-35-33-82-27-25-78-3)56-47-39-43(88(69,70)71)41-51(90(75,76)77)45(47)15-17-48(56)59(53)21-10-6-9-14-54(61)62/h5,7-8,12-13,15-18,38-41H,6,9-11,14,19-37H2,1-4H3,(H5-,61,62,63,64,65,66,67,68,69,70,71,72,73,74,75,76,77). The van der Waals surface area contributed by atoms with Crippen molar-refractivity contribution in [3.63, 3.8) is 0 Å². The number of methoxy groups -OCH3 is 2. The van der Waals surface area contributed by atoms with Gasteiger partial charge in [-0.2, -0.15) is 38.2 Å². The van der Waals surface area contributed by atoms with Crippen LogP contribution in [0.25, 0.3) is 21.5 Å². The molecule has 0 aliphatic carbocycles. The van der Waals surface area contributed by atoms with Crippen molar-refractivity contribution in [3.05, 3.63) is 95.7 Å². The Bertz CT molecular complexity index is 3910. The highest BCUT2D eigenvalue weighted by Gasteiger charge is 2.49. The molecular formula is C58H78N2O25S5. The first-order valence-electron chi connectivity index (χ1n) is 28.6. The van der Waals surface area contributed by atoms with Gasteiger partial charge in [0.2, 0.25) is 5.69 Å². The molecular weight excluding hydrogens is 1280 g/mol. The van der Waals surface area contributed by atoms with Gasteiger partial charge in [-0.3, -0.25) is 23.0 Å². The molecule has 0 aromatic heterocycles. The smallest absolute Gasteiger partial charge is 0.303 e. The molecule has 32 heteroatoms. The molecule has 0 saturated carbocycles. The summed E-state index contributed by atoms with van der Waals surface area (Å²) in [7, 11) is -22.3. The molecule has 2 aliphatic heterocycles. The van der Waals surface area contributed by atoms with Crippen LogP contribution >= 0.6 is 0 Å². The molecule has 2 aliphatic rings. The second-order valence-electron chi connectivity index (χ2n) is 21.5. The minimum absolute atomic E-state index is 0.0184. The predicted octanol–water partition coefficient (Wildman–Crippen LogP) is 5.86. The van der Waals surface area contributed by atoms with Crippen LogP contribution < -0.4 is 4.90 Å². The summed E-state index contributed by atoms with van der Waals surface area (Å²) in [6.45, 7) is 7.23. The summed E-state index contributed by atoms with van der Waals surface area (Å²) in [6, 6.07) is 9.20. The highest BCUT2D eigenvalue weighted by molar-refractivity contribution is 7.87. The second kappa shape index (κ2) is 32.6. The van der Waals surface area contributed by atoms with Crippen molar-refractivity contribution in [2.45, 2.75) is 89.2 Å². The highest BCUT2D eigenvalue weighted by Crippen LogP contribution is 2.54. The van der Waals surface area contributed by atoms with Crippen LogP contribution in [0.4, 0.5) is 11.4 Å². The number of ether oxygens (including phenoxy) is 8. The Balaban J connectivity index is 1.50. The second-order valence-corrected chi connectivity index (χ2v) is 28.6. The lowest BCUT2D eigenvalue weighted by atomic mass is 9.74. The molecule has 0 bridgehead atoms. The lowest BCUT2D eigenvalue weighted by Crippen LogP contribution is -2.33. The van der Waals surface area contributed by atoms with Gasteiger partial charge in [-0.05, 0) is 110 Å². The van der Waals surface area contributed by atoms with E-state index in [1.807, 2.05) is 11.8 Å². The molecule has 0 radical (unpaired) electrons. The maximum atomic E-state index is 13.0. The molecule has 0 spiro atoms. The fourth-order valence-electron chi connectivity index (χ4n) is 11.2. The Morgan fingerprint density at radius 2 is 1.07 bits per heavy atom. The van der Waals surface area contributed by atoms with Gasteiger partial charge in [-0.25, -0.2) is 8.42 Å². The maximum absolute atomic E-state index is 13.0. The third kappa shape index (κ3) is 19.7. The van der Waals surface area contributed by atoms with Gasteiger partial charge >= 0.3 is 5.97 Å². The fourth-order valence-corrected chi connectivity index (χ4v) is 14.4. The van der Waals surface area contributed by atoms with E-state index < -0.39 is 92.7 Å². The molecule has 90 heavy (non-hydrogen) atoms. The monoisotopic (exact) mass is 1360 g/mol. The molecule has 0 amide bonds. The van der Waals surface area contributed by atoms with E-state index in [4.69, 9.17) is 37.9 Å². The van der Waals surface area contributed by atoms with Gasteiger partial charge < -0.3 is 52.5 Å². The van der Waals surface area contributed by atoms with Crippen LogP contribution in [0.3, 0.4) is 0 Å². The highest BCUT2D eigenvalue weighted by atomic mass is 32.2. The topological polar surface area (TPSA) is 392 Å². The van der Waals surface area contributed by atoms with E-state index in [9.17, 15) is 74.8 Å². The van der Waals surface area contributed by atoms with Crippen LogP contribution in [0.5, 0.6) is 0 Å². The van der Waals surface area contributed by atoms with Crippen molar-refractivity contribution >= 4 is 95.2 Å². The maximum Gasteiger partial charge on any atom is 0.303 e. The molecule has 2 unspecified atom stereocenters. The zero-order valence-corrected chi connectivity index (χ0v) is 54.4. The number of fused-ring (bicyclic) bond motifs is 6. The molecule has 2 heterocycles. The number of nitrogens with zero attached hydrogens (tertiary/aromatic N) is 2. The van der Waals surface area contributed by atoms with Crippen LogP contribution in [0.1, 0.15) is 69.9 Å². The van der Waals surface area contributed by atoms with E-state index >= 15 is 0 Å². The van der Waals surface area contributed by atoms with Crippen LogP contribution in [-0.4, -0.2) is 212 Å². The molecule has 0 saturated heterocycles. The molecule has 4 aromatic rings. The Morgan fingerprint density at radius 1 is 0.556 bits per heavy atom. The number of allylic oxidation sites excluding steroid dienone is 6. The molecule has 0 fully saturated rings. The average Bonchev–Trinajstić information content (AvgIpc) is 1.52. The van der Waals surface area contributed by atoms with Crippen LogP contribution in [0.15, 0.2) is 104 Å². The average molecular weight is 1360 g/mol. The van der Waals surface area contributed by atoms with Gasteiger partial charge in [0.05, 0.1) is 105 Å². The van der Waals surface area contributed by atoms with Gasteiger partial charge in [0, 0.05) is 73.7 Å². The largest absolute Gasteiger partial charge is 0.744 e. The molecule has 4 aromatic carbocycles. The first-order chi connectivity index (χ1) is 42.4. The Kier molecular flexibility index (Phi) is 26.7. The summed E-state index contributed by atoms with van der Waals surface area (Å²) in [5.41, 5.74) is -0.131. The predicted molar refractivity (Wildman–Crippen MR) is 329 cm³/mol. The number of carboxylic acid groups (broad SMARTS) is 1. The SMILES string of the molecule is COCCOCCOCCOCC[N+]1=C(/C=C/C=C/C=C2/N(CCCCCC(=O)O)c3ccc4c(S(=O)(=O)[O-])cc(S(=O)(=O)O)cc4c3C2(C)CCOCCOCCOCCOC)C(C)(CCCS(=O)(=O)O)c2c1ccc1c(S(=O)(=O)O)cc(S(=O)(=O)O)cc21. The number of anilines is 1. The van der Waals surface area contributed by atoms with Crippen LogP contribution in [0, 0.1) is 0 Å². The molecule has 500 valence electrons. The molecule has 5 N–H and O–H groups in total. The van der Waals surface area contributed by atoms with Gasteiger partial charge in [-0.15, -0.1) is 0 Å². The third-order valence-electron chi connectivity index (χ3n) is 15.3. The van der Waals surface area contributed by atoms with Gasteiger partial charge in [0.15, 0.2) is 12.3 Å². The van der Waals surface area contributed by atoms with Crippen molar-refractivity contribution in [3.8, 4) is 0 Å². The van der Waals surface area contributed by atoms with Crippen LogP contribution in [-0.2, 0) is 104 Å². The number of benzene rings is 4. The van der Waals surface area contributed by atoms with Crippen molar-refractivity contribution in [1.82, 2.24) is 0 Å². The van der Waals surface area contributed by atoms with E-state index in [0.717, 1.165) is 12.1 Å². The number of carbonyl (C=O) groups is 1. The van der Waals surface area contributed by atoms with Gasteiger partial charge in [0.25, 0.3) is 40.5 Å². The summed E-state index contributed by atoms with van der Waals surface area (Å²) in [6.07, 6.45) is 9.31. The summed E-state index contributed by atoms with van der Waals surface area (Å²) in [4.78, 5) is 9.96. The molecule has 27 nitrogen and oxygen atoms in total. The number of hydrogen-bond acceptors (Lipinski definition) is 21. The zero-order valence-electron chi connectivity index (χ0n) is 50.3. The Hall–Kier alpha value is -5.21. The van der Waals surface area contributed by atoms with E-state index in [2.05, 4.69) is 0 Å². The zero-order chi connectivity index (χ0) is 66.1. The van der Waals surface area contributed by atoms with Crippen LogP contribution in [0.2, 0.25) is 0 Å². The van der Waals surface area contributed by atoms with E-state index in [0.29, 0.717) is 99.4 Å². The lowest BCUT2D eigenvalue weighted by molar-refractivity contribution is -0.442. The summed E-state index contributed by atoms with van der Waals surface area (Å²) in [5, 5.41) is 9.13. The Labute approximate surface area is 525 Å². The normalized spacial score (nSPS) is 18.0. The quantitative estimate of drug-likeness (QED) is 0.0150. The molecule has 6 rings (SSSR count). The first-order valence-corrected chi connectivity index (χ1v) is 35.9. The summed E-state index contributed by atoms with van der Waals surface area (Å²) in [5.74, 6) is -1.71. The van der Waals surface area contributed by atoms with Gasteiger partial charge in [-0.1, -0.05) is 30.7 Å². The number of aliphatic carboxylic acids is 1. The van der Waals surface area contributed by atoms with Crippen molar-refractivity contribution in [2.75, 3.05) is 130 Å². The first kappa shape index (κ1) is 73.8. The third-order valence-corrected chi connectivity index (χ3v) is 19.5. The minimum atomic E-state index is -5.38. The Morgan fingerprint density at radius 3 is 1.59 bits per heavy atom. The van der Waals surface area contributed by atoms with E-state index in [-0.39, 0.29) is 119 Å². The number of hydrogen-bond donors (Lipinski definition) is 5. The molecule has 2 atom stereocenters. The number of rotatable bonds is 41. The number of carboxylic acids is 1. The van der Waals surface area contributed by atoms with E-state index in [1.165, 1.54) is 12.1 Å². The van der Waals surface area contributed by atoms with E-state index in [1.54, 1.807) is 68.2 Å². The number of unbranched alkanes of at least 4 members (excludes halogenated alkanes) is 2. The lowest BCUT2D eigenvalue weighted by Gasteiger charge is -2.31. The summed E-state index contributed by atoms with van der Waals surface area (Å²) >= 11 is 0. The summed E-state index contributed by atoms with van der Waals surface area (Å²) < 4.78 is 227. The minimum Gasteiger partial charge on any atom is -0.744 e. The van der Waals surface area contributed by atoms with Gasteiger partial charge in [0.1, 0.15) is 21.6 Å².